The first-order chi connectivity index (χ1) is 14.6. The maximum atomic E-state index is 12.1. The lowest BCUT2D eigenvalue weighted by atomic mass is 9.87. The molecular weight excluding hydrogens is 420 g/mol. The van der Waals surface area contributed by atoms with Crippen molar-refractivity contribution >= 4 is 55.8 Å². The van der Waals surface area contributed by atoms with Crippen LogP contribution in [0.25, 0.3) is 10.2 Å². The van der Waals surface area contributed by atoms with E-state index in [1.54, 1.807) is 24.5 Å². The second-order valence-electron chi connectivity index (χ2n) is 7.58. The number of rotatable bonds is 8. The summed E-state index contributed by atoms with van der Waals surface area (Å²) >= 11 is 2.86. The molecule has 8 nitrogen and oxygen atoms in total. The third-order valence-electron chi connectivity index (χ3n) is 5.23. The minimum absolute atomic E-state index is 0.223. The predicted molar refractivity (Wildman–Crippen MR) is 122 cm³/mol. The molecule has 0 saturated heterocycles. The standard InChI is InChI=1S/C20H26N6O2S2/c1-12-3-5-13(6-4-12)22-18-17-14(7-10-29-17)23-20(25-18)24-16-11-15(26-30-16)19(27)21-8-9-28-2/h7,10-13H,3-6,8-9H2,1-2H3,(H,21,27)(H2,22,23,24,25). The number of anilines is 3. The zero-order valence-corrected chi connectivity index (χ0v) is 18.7. The van der Waals surface area contributed by atoms with Gasteiger partial charge in [-0.05, 0) is 54.6 Å². The maximum absolute atomic E-state index is 12.1. The molecule has 3 heterocycles. The molecule has 0 radical (unpaired) electrons. The Kier molecular flexibility index (Phi) is 6.76. The molecular formula is C20H26N6O2S2. The number of hydrogen-bond acceptors (Lipinski definition) is 9. The van der Waals surface area contributed by atoms with Crippen molar-refractivity contribution < 1.29 is 9.53 Å². The van der Waals surface area contributed by atoms with Gasteiger partial charge in [0.2, 0.25) is 5.95 Å². The van der Waals surface area contributed by atoms with Crippen LogP contribution >= 0.6 is 22.9 Å². The summed E-state index contributed by atoms with van der Waals surface area (Å²) in [4.78, 5) is 21.5. The van der Waals surface area contributed by atoms with Gasteiger partial charge in [0.25, 0.3) is 5.91 Å². The van der Waals surface area contributed by atoms with Gasteiger partial charge in [-0.25, -0.2) is 4.98 Å². The average Bonchev–Trinajstić information content (AvgIpc) is 3.39. The normalized spacial score (nSPS) is 19.0. The van der Waals surface area contributed by atoms with Crippen LogP contribution in [0.5, 0.6) is 0 Å². The van der Waals surface area contributed by atoms with Gasteiger partial charge < -0.3 is 20.7 Å². The molecule has 0 spiro atoms. The van der Waals surface area contributed by atoms with Crippen LogP contribution in [0.1, 0.15) is 43.1 Å². The molecule has 0 atom stereocenters. The molecule has 10 heteroatoms. The minimum atomic E-state index is -0.223. The zero-order chi connectivity index (χ0) is 20.9. The first-order valence-corrected chi connectivity index (χ1v) is 11.8. The Hall–Kier alpha value is -2.30. The smallest absolute Gasteiger partial charge is 0.271 e. The van der Waals surface area contributed by atoms with Gasteiger partial charge >= 0.3 is 0 Å². The quantitative estimate of drug-likeness (QED) is 0.445. The van der Waals surface area contributed by atoms with Crippen molar-refractivity contribution in [1.29, 1.82) is 0 Å². The molecule has 30 heavy (non-hydrogen) atoms. The topological polar surface area (TPSA) is 101 Å². The summed E-state index contributed by atoms with van der Waals surface area (Å²) in [5.41, 5.74) is 1.27. The van der Waals surface area contributed by atoms with E-state index in [0.717, 1.165) is 39.8 Å². The lowest BCUT2D eigenvalue weighted by Gasteiger charge is -2.27. The van der Waals surface area contributed by atoms with Crippen LogP contribution in [0.4, 0.5) is 16.8 Å². The number of thiophene rings is 1. The highest BCUT2D eigenvalue weighted by Crippen LogP contribution is 2.32. The first kappa shape index (κ1) is 21.0. The lowest BCUT2D eigenvalue weighted by molar-refractivity contribution is 0.0933. The van der Waals surface area contributed by atoms with E-state index in [0.29, 0.717) is 30.8 Å². The largest absolute Gasteiger partial charge is 0.383 e. The van der Waals surface area contributed by atoms with Gasteiger partial charge in [-0.1, -0.05) is 6.92 Å². The number of nitrogens with zero attached hydrogens (tertiary/aromatic N) is 3. The minimum Gasteiger partial charge on any atom is -0.383 e. The van der Waals surface area contributed by atoms with E-state index in [4.69, 9.17) is 9.72 Å². The van der Waals surface area contributed by atoms with Crippen molar-refractivity contribution in [2.45, 2.75) is 38.6 Å². The molecule has 0 bridgehead atoms. The molecule has 0 aromatic carbocycles. The Balaban J connectivity index is 1.47. The fraction of sp³-hybridized carbons (Fsp3) is 0.500. The van der Waals surface area contributed by atoms with Crippen molar-refractivity contribution in [2.75, 3.05) is 30.9 Å². The second-order valence-corrected chi connectivity index (χ2v) is 9.30. The number of hydrogen-bond donors (Lipinski definition) is 3. The summed E-state index contributed by atoms with van der Waals surface area (Å²) < 4.78 is 10.2. The fourth-order valence-electron chi connectivity index (χ4n) is 3.52. The molecule has 0 aliphatic heterocycles. The highest BCUT2D eigenvalue weighted by Gasteiger charge is 2.20. The van der Waals surface area contributed by atoms with Crippen LogP contribution in [0.2, 0.25) is 0 Å². The van der Waals surface area contributed by atoms with E-state index in [9.17, 15) is 4.79 Å². The summed E-state index contributed by atoms with van der Waals surface area (Å²) in [6, 6.07) is 4.16. The van der Waals surface area contributed by atoms with Crippen LogP contribution in [-0.2, 0) is 4.74 Å². The van der Waals surface area contributed by atoms with Gasteiger partial charge in [0.15, 0.2) is 0 Å². The average molecular weight is 447 g/mol. The van der Waals surface area contributed by atoms with E-state index in [1.165, 1.54) is 24.4 Å². The lowest BCUT2D eigenvalue weighted by Crippen LogP contribution is -2.27. The molecule has 1 aliphatic rings. The molecule has 0 unspecified atom stereocenters. The Labute approximate surface area is 183 Å². The summed E-state index contributed by atoms with van der Waals surface area (Å²) in [6.07, 6.45) is 4.82. The zero-order valence-electron chi connectivity index (χ0n) is 17.1. The summed E-state index contributed by atoms with van der Waals surface area (Å²) in [6.45, 7) is 3.23. The van der Waals surface area contributed by atoms with Crippen molar-refractivity contribution in [2.24, 2.45) is 5.92 Å². The predicted octanol–water partition coefficient (Wildman–Crippen LogP) is 4.26. The molecule has 160 valence electrons. The summed E-state index contributed by atoms with van der Waals surface area (Å²) in [5.74, 6) is 1.96. The van der Waals surface area contributed by atoms with Crippen molar-refractivity contribution in [1.82, 2.24) is 19.7 Å². The Morgan fingerprint density at radius 1 is 1.27 bits per heavy atom. The van der Waals surface area contributed by atoms with Crippen LogP contribution in [-0.4, -0.2) is 46.6 Å². The molecule has 1 amide bonds. The third kappa shape index (κ3) is 5.05. The van der Waals surface area contributed by atoms with Gasteiger partial charge in [0.1, 0.15) is 16.5 Å². The number of nitrogens with one attached hydrogen (secondary N) is 3. The molecule has 3 aromatic rings. The molecule has 3 N–H and O–H groups in total. The second kappa shape index (κ2) is 9.67. The molecule has 1 fully saturated rings. The highest BCUT2D eigenvalue weighted by molar-refractivity contribution is 7.17. The van der Waals surface area contributed by atoms with Crippen LogP contribution in [0.3, 0.4) is 0 Å². The summed E-state index contributed by atoms with van der Waals surface area (Å²) in [5, 5.41) is 12.4. The van der Waals surface area contributed by atoms with E-state index in [-0.39, 0.29) is 5.91 Å². The van der Waals surface area contributed by atoms with Crippen LogP contribution < -0.4 is 16.0 Å². The number of carbonyl (C=O) groups excluding carboxylic acids is 1. The highest BCUT2D eigenvalue weighted by atomic mass is 32.1. The Bertz CT molecular complexity index is 996. The van der Waals surface area contributed by atoms with Crippen molar-refractivity contribution in [3.8, 4) is 0 Å². The molecule has 1 aliphatic carbocycles. The van der Waals surface area contributed by atoms with Gasteiger partial charge in [0.05, 0.1) is 16.8 Å². The number of ether oxygens (including phenoxy) is 1. The summed E-state index contributed by atoms with van der Waals surface area (Å²) in [7, 11) is 1.60. The van der Waals surface area contributed by atoms with Crippen LogP contribution in [0, 0.1) is 5.92 Å². The maximum Gasteiger partial charge on any atom is 0.271 e. The molecule has 3 aromatic heterocycles. The van der Waals surface area contributed by atoms with E-state index >= 15 is 0 Å². The molecule has 1 saturated carbocycles. The van der Waals surface area contributed by atoms with Crippen molar-refractivity contribution in [3.63, 3.8) is 0 Å². The van der Waals surface area contributed by atoms with Crippen LogP contribution in [0.15, 0.2) is 17.5 Å². The Morgan fingerprint density at radius 3 is 2.90 bits per heavy atom. The SMILES string of the molecule is COCCNC(=O)c1cc(Nc2nc(NC3CCC(C)CC3)c3sccc3n2)sn1. The number of aromatic nitrogens is 3. The van der Waals surface area contributed by atoms with Gasteiger partial charge in [0, 0.05) is 25.8 Å². The van der Waals surface area contributed by atoms with Gasteiger partial charge in [-0.3, -0.25) is 4.79 Å². The number of carbonyl (C=O) groups is 1. The number of amides is 1. The van der Waals surface area contributed by atoms with E-state index < -0.39 is 0 Å². The first-order valence-electron chi connectivity index (χ1n) is 10.1. The van der Waals surface area contributed by atoms with Gasteiger partial charge in [-0.2, -0.15) is 9.36 Å². The fourth-order valence-corrected chi connectivity index (χ4v) is 4.94. The monoisotopic (exact) mass is 446 g/mol. The number of methoxy groups -OCH3 is 1. The Morgan fingerprint density at radius 2 is 2.10 bits per heavy atom. The molecule has 4 rings (SSSR count). The third-order valence-corrected chi connectivity index (χ3v) is 6.84. The number of fused-ring (bicyclic) bond motifs is 1. The van der Waals surface area contributed by atoms with Gasteiger partial charge in [-0.15, -0.1) is 11.3 Å². The van der Waals surface area contributed by atoms with E-state index in [1.807, 2.05) is 11.4 Å². The van der Waals surface area contributed by atoms with Crippen molar-refractivity contribution in [3.05, 3.63) is 23.2 Å². The van der Waals surface area contributed by atoms with E-state index in [2.05, 4.69) is 32.2 Å².